The first-order valence-corrected chi connectivity index (χ1v) is 20.1. The molecule has 0 saturated carbocycles. The van der Waals surface area contributed by atoms with Gasteiger partial charge >= 0.3 is 0 Å². The van der Waals surface area contributed by atoms with Gasteiger partial charge in [-0.2, -0.15) is 0 Å². The van der Waals surface area contributed by atoms with Crippen molar-refractivity contribution in [3.63, 3.8) is 0 Å². The van der Waals surface area contributed by atoms with E-state index < -0.39 is 0 Å². The fourth-order valence-electron chi connectivity index (χ4n) is 9.26. The van der Waals surface area contributed by atoms with E-state index >= 15 is 0 Å². The van der Waals surface area contributed by atoms with Crippen molar-refractivity contribution in [2.24, 2.45) is 0 Å². The molecule has 0 bridgehead atoms. The van der Waals surface area contributed by atoms with Gasteiger partial charge in [0.15, 0.2) is 17.5 Å². The van der Waals surface area contributed by atoms with Crippen LogP contribution in [0.15, 0.2) is 188 Å². The molecule has 2 aliphatic carbocycles. The van der Waals surface area contributed by atoms with Gasteiger partial charge < -0.3 is 0 Å². The number of rotatable bonds is 6. The van der Waals surface area contributed by atoms with E-state index in [2.05, 4.69) is 141 Å². The average molecular weight is 742 g/mol. The van der Waals surface area contributed by atoms with Crippen molar-refractivity contribution in [2.45, 2.75) is 25.7 Å². The van der Waals surface area contributed by atoms with Crippen molar-refractivity contribution in [1.29, 1.82) is 0 Å². The summed E-state index contributed by atoms with van der Waals surface area (Å²) in [5, 5.41) is 0. The van der Waals surface area contributed by atoms with Gasteiger partial charge in [-0.3, -0.25) is 0 Å². The number of fused-ring (bicyclic) bond motifs is 6. The molecule has 0 unspecified atom stereocenters. The van der Waals surface area contributed by atoms with Crippen LogP contribution in [0.1, 0.15) is 36.1 Å². The van der Waals surface area contributed by atoms with Gasteiger partial charge in [0.05, 0.1) is 0 Å². The van der Waals surface area contributed by atoms with Gasteiger partial charge in [-0.15, -0.1) is 0 Å². The molecule has 274 valence electrons. The minimum absolute atomic E-state index is 0.0358. The van der Waals surface area contributed by atoms with E-state index in [1.54, 1.807) is 0 Å². The highest BCUT2D eigenvalue weighted by molar-refractivity contribution is 5.91. The zero-order valence-corrected chi connectivity index (χ0v) is 32.4. The van der Waals surface area contributed by atoms with Crippen molar-refractivity contribution in [2.75, 3.05) is 0 Å². The highest BCUT2D eigenvalue weighted by atomic mass is 15.0. The fourth-order valence-corrected chi connectivity index (χ4v) is 9.26. The molecule has 3 heteroatoms. The van der Waals surface area contributed by atoms with Gasteiger partial charge in [0, 0.05) is 22.1 Å². The second-order valence-electron chi connectivity index (χ2n) is 16.0. The van der Waals surface area contributed by atoms with E-state index in [9.17, 15) is 0 Å². The Hall–Kier alpha value is -7.23. The lowest BCUT2D eigenvalue weighted by molar-refractivity contribution is 0.660. The van der Waals surface area contributed by atoms with E-state index in [1.165, 1.54) is 72.3 Å². The lowest BCUT2D eigenvalue weighted by atomic mass is 9.81. The third-order valence-corrected chi connectivity index (χ3v) is 12.2. The maximum absolute atomic E-state index is 4.94. The van der Waals surface area contributed by atoms with E-state index in [-0.39, 0.29) is 5.41 Å². The second kappa shape index (κ2) is 13.5. The molecule has 0 saturated heterocycles. The number of hydrogen-bond acceptors (Lipinski definition) is 3. The van der Waals surface area contributed by atoms with Crippen LogP contribution in [0.25, 0.3) is 89.8 Å². The average Bonchev–Trinajstić information content (AvgIpc) is 3.79. The Labute approximate surface area is 339 Å². The summed E-state index contributed by atoms with van der Waals surface area (Å²) in [5.74, 6) is 1.97. The minimum atomic E-state index is -0.0358. The molecular formula is C55H39N3. The highest BCUT2D eigenvalue weighted by Crippen LogP contribution is 2.51. The van der Waals surface area contributed by atoms with Crippen LogP contribution in [-0.2, 0) is 11.8 Å². The van der Waals surface area contributed by atoms with Gasteiger partial charge in [-0.25, -0.2) is 15.0 Å². The zero-order valence-electron chi connectivity index (χ0n) is 32.4. The van der Waals surface area contributed by atoms with Crippen molar-refractivity contribution in [3.05, 3.63) is 210 Å². The summed E-state index contributed by atoms with van der Waals surface area (Å²) in [5.41, 5.74) is 21.3. The summed E-state index contributed by atoms with van der Waals surface area (Å²) >= 11 is 0. The van der Waals surface area contributed by atoms with E-state index in [1.807, 2.05) is 60.7 Å². The molecule has 8 aromatic carbocycles. The van der Waals surface area contributed by atoms with Gasteiger partial charge in [0.2, 0.25) is 0 Å². The Kier molecular flexibility index (Phi) is 7.90. The first kappa shape index (κ1) is 34.1. The normalized spacial score (nSPS) is 13.1. The van der Waals surface area contributed by atoms with Crippen molar-refractivity contribution in [3.8, 4) is 89.8 Å². The van der Waals surface area contributed by atoms with Crippen LogP contribution in [0.3, 0.4) is 0 Å². The van der Waals surface area contributed by atoms with Gasteiger partial charge in [0.25, 0.3) is 0 Å². The second-order valence-corrected chi connectivity index (χ2v) is 16.0. The molecule has 1 heterocycles. The molecule has 3 nitrogen and oxygen atoms in total. The molecule has 2 aliphatic rings. The summed E-state index contributed by atoms with van der Waals surface area (Å²) in [6.07, 6.45) is 0.901. The summed E-state index contributed by atoms with van der Waals surface area (Å²) in [6.45, 7) is 4.72. The Bertz CT molecular complexity index is 2980. The highest BCUT2D eigenvalue weighted by Gasteiger charge is 2.35. The van der Waals surface area contributed by atoms with Crippen LogP contribution in [0.5, 0.6) is 0 Å². The molecule has 0 atom stereocenters. The molecular weight excluding hydrogens is 703 g/mol. The molecule has 58 heavy (non-hydrogen) atoms. The third kappa shape index (κ3) is 5.62. The van der Waals surface area contributed by atoms with Crippen LogP contribution in [0, 0.1) is 0 Å². The summed E-state index contributed by atoms with van der Waals surface area (Å²) in [6, 6.07) is 67.4. The van der Waals surface area contributed by atoms with Crippen LogP contribution >= 0.6 is 0 Å². The summed E-state index contributed by atoms with van der Waals surface area (Å²) < 4.78 is 0. The van der Waals surface area contributed by atoms with Gasteiger partial charge in [-0.05, 0) is 96.4 Å². The summed E-state index contributed by atoms with van der Waals surface area (Å²) in [7, 11) is 0. The lowest BCUT2D eigenvalue weighted by Gasteiger charge is -2.22. The molecule has 9 aromatic rings. The van der Waals surface area contributed by atoms with Crippen LogP contribution in [0.2, 0.25) is 0 Å². The minimum Gasteiger partial charge on any atom is -0.208 e. The number of nitrogens with zero attached hydrogens (tertiary/aromatic N) is 3. The maximum atomic E-state index is 4.94. The number of hydrogen-bond donors (Lipinski definition) is 0. The first-order valence-electron chi connectivity index (χ1n) is 20.1. The van der Waals surface area contributed by atoms with Gasteiger partial charge in [0.1, 0.15) is 0 Å². The number of benzene rings is 8. The van der Waals surface area contributed by atoms with E-state index in [0.29, 0.717) is 17.5 Å². The van der Waals surface area contributed by atoms with Crippen molar-refractivity contribution >= 4 is 0 Å². The largest absolute Gasteiger partial charge is 0.208 e. The predicted molar refractivity (Wildman–Crippen MR) is 238 cm³/mol. The molecule has 0 amide bonds. The lowest BCUT2D eigenvalue weighted by Crippen LogP contribution is -2.14. The monoisotopic (exact) mass is 741 g/mol. The van der Waals surface area contributed by atoms with Gasteiger partial charge in [-0.1, -0.05) is 190 Å². The van der Waals surface area contributed by atoms with Crippen molar-refractivity contribution in [1.82, 2.24) is 15.0 Å². The Balaban J connectivity index is 0.914. The molecule has 1 aromatic heterocycles. The molecule has 0 N–H and O–H groups in total. The SMILES string of the molecule is CC1(C)c2ccccc2-c2ccc(-c3cccc4c3Cc3c(-c5cccc(-c6ccc(-c7nc(-c8ccccc8)nc(-c8ccccc8)n7)cc6)c5)cccc3-4)cc21. The van der Waals surface area contributed by atoms with Crippen molar-refractivity contribution < 1.29 is 0 Å². The quantitative estimate of drug-likeness (QED) is 0.170. The van der Waals surface area contributed by atoms with E-state index in [4.69, 9.17) is 15.0 Å². The van der Waals surface area contributed by atoms with E-state index in [0.717, 1.165) is 28.7 Å². The zero-order chi connectivity index (χ0) is 38.8. The summed E-state index contributed by atoms with van der Waals surface area (Å²) in [4.78, 5) is 14.7. The topological polar surface area (TPSA) is 38.7 Å². The fraction of sp³-hybridized carbons (Fsp3) is 0.0727. The first-order chi connectivity index (χ1) is 28.5. The molecule has 0 fully saturated rings. The molecule has 11 rings (SSSR count). The predicted octanol–water partition coefficient (Wildman–Crippen LogP) is 13.8. The molecule has 0 aliphatic heterocycles. The maximum Gasteiger partial charge on any atom is 0.164 e. The Morgan fingerprint density at radius 1 is 0.310 bits per heavy atom. The third-order valence-electron chi connectivity index (χ3n) is 12.2. The van der Waals surface area contributed by atoms with Crippen LogP contribution in [0.4, 0.5) is 0 Å². The Morgan fingerprint density at radius 3 is 1.34 bits per heavy atom. The Morgan fingerprint density at radius 2 is 0.724 bits per heavy atom. The molecule has 0 radical (unpaired) electrons. The number of aromatic nitrogens is 3. The smallest absolute Gasteiger partial charge is 0.164 e. The van der Waals surface area contributed by atoms with Crippen LogP contribution < -0.4 is 0 Å². The molecule has 0 spiro atoms. The van der Waals surface area contributed by atoms with Crippen LogP contribution in [-0.4, -0.2) is 15.0 Å². The standard InChI is InChI=1S/C55H39N3/c1-55(2)50-25-10-9-20-46(50)47-31-30-41(33-51(47)55)43-22-13-24-45-44-23-12-21-42(48(44)34-49(43)45)40-19-11-18-39(32-40)35-26-28-38(29-27-35)54-57-52(36-14-5-3-6-15-36)56-53(58-54)37-16-7-4-8-17-37/h3-33H,34H2,1-2H3.